The van der Waals surface area contributed by atoms with Crippen molar-refractivity contribution in [3.05, 3.63) is 48.0 Å². The van der Waals surface area contributed by atoms with Crippen molar-refractivity contribution in [3.63, 3.8) is 0 Å². The molecule has 3 heterocycles. The van der Waals surface area contributed by atoms with E-state index >= 15 is 0 Å². The molecule has 134 valence electrons. The Bertz CT molecular complexity index is 674. The molecule has 0 radical (unpaired) electrons. The molecule has 0 N–H and O–H groups in total. The molecule has 1 saturated heterocycles. The van der Waals surface area contributed by atoms with E-state index in [2.05, 4.69) is 23.7 Å². The van der Waals surface area contributed by atoms with Gasteiger partial charge in [0.15, 0.2) is 0 Å². The Kier molecular flexibility index (Phi) is 5.38. The van der Waals surface area contributed by atoms with Gasteiger partial charge in [0.25, 0.3) is 5.91 Å². The molecular weight excluding hydrogens is 318 g/mol. The third-order valence-electron chi connectivity index (χ3n) is 4.33. The van der Waals surface area contributed by atoms with Crippen molar-refractivity contribution in [2.75, 3.05) is 24.5 Å². The molecule has 2 atom stereocenters. The van der Waals surface area contributed by atoms with Gasteiger partial charge in [0.2, 0.25) is 0 Å². The van der Waals surface area contributed by atoms with Gasteiger partial charge in [0, 0.05) is 25.8 Å². The number of carbonyl (C=O) groups excluding carboxylic acids is 1. The van der Waals surface area contributed by atoms with Gasteiger partial charge in [0.05, 0.1) is 30.6 Å². The van der Waals surface area contributed by atoms with Crippen LogP contribution >= 0.6 is 0 Å². The number of pyridine rings is 1. The Morgan fingerprint density at radius 1 is 1.28 bits per heavy atom. The first-order valence-electron chi connectivity index (χ1n) is 8.75. The highest BCUT2D eigenvalue weighted by atomic mass is 16.5. The summed E-state index contributed by atoms with van der Waals surface area (Å²) in [7, 11) is 0. The summed E-state index contributed by atoms with van der Waals surface area (Å²) in [6, 6.07) is 7.46. The fourth-order valence-electron chi connectivity index (χ4n) is 3.17. The maximum absolute atomic E-state index is 12.7. The molecule has 0 aliphatic carbocycles. The highest BCUT2D eigenvalue weighted by Crippen LogP contribution is 2.19. The topological polar surface area (TPSA) is 58.8 Å². The van der Waals surface area contributed by atoms with Gasteiger partial charge in [-0.05, 0) is 45.0 Å². The molecule has 6 nitrogen and oxygen atoms in total. The van der Waals surface area contributed by atoms with Crippen LogP contribution in [0.3, 0.4) is 0 Å². The summed E-state index contributed by atoms with van der Waals surface area (Å²) in [6.07, 6.45) is 3.63. The summed E-state index contributed by atoms with van der Waals surface area (Å²) in [5.74, 6) is 1.62. The number of carbonyl (C=O) groups is 1. The number of hydrogen-bond donors (Lipinski definition) is 0. The Morgan fingerprint density at radius 3 is 2.60 bits per heavy atom. The van der Waals surface area contributed by atoms with Crippen molar-refractivity contribution < 1.29 is 13.9 Å². The molecule has 1 aliphatic heterocycles. The lowest BCUT2D eigenvalue weighted by molar-refractivity contribution is -0.00546. The van der Waals surface area contributed by atoms with Crippen LogP contribution in [0.5, 0.6) is 0 Å². The van der Waals surface area contributed by atoms with Crippen LogP contribution in [-0.2, 0) is 11.3 Å². The van der Waals surface area contributed by atoms with E-state index in [-0.39, 0.29) is 18.1 Å². The van der Waals surface area contributed by atoms with Gasteiger partial charge in [-0.3, -0.25) is 4.79 Å². The number of amides is 1. The van der Waals surface area contributed by atoms with Gasteiger partial charge in [-0.25, -0.2) is 4.98 Å². The molecule has 0 bridgehead atoms. The Labute approximate surface area is 148 Å². The Balaban J connectivity index is 1.69. The minimum Gasteiger partial charge on any atom is -0.467 e. The molecular formula is C19H25N3O3. The predicted octanol–water partition coefficient (Wildman–Crippen LogP) is 2.95. The largest absolute Gasteiger partial charge is 0.467 e. The third kappa shape index (κ3) is 4.20. The summed E-state index contributed by atoms with van der Waals surface area (Å²) < 4.78 is 11.1. The van der Waals surface area contributed by atoms with Gasteiger partial charge in [0.1, 0.15) is 11.6 Å². The molecule has 1 aliphatic rings. The zero-order valence-electron chi connectivity index (χ0n) is 15.0. The highest BCUT2D eigenvalue weighted by Gasteiger charge is 2.23. The van der Waals surface area contributed by atoms with Crippen LogP contribution in [0, 0.1) is 0 Å². The number of nitrogens with zero attached hydrogens (tertiary/aromatic N) is 3. The second-order valence-corrected chi connectivity index (χ2v) is 6.47. The normalized spacial score (nSPS) is 20.5. The van der Waals surface area contributed by atoms with Crippen molar-refractivity contribution in [1.82, 2.24) is 9.88 Å². The molecule has 2 aromatic heterocycles. The van der Waals surface area contributed by atoms with E-state index in [1.165, 1.54) is 0 Å². The molecule has 1 amide bonds. The number of morpholine rings is 1. The van der Waals surface area contributed by atoms with Crippen LogP contribution in [0.25, 0.3) is 0 Å². The van der Waals surface area contributed by atoms with Gasteiger partial charge >= 0.3 is 0 Å². The van der Waals surface area contributed by atoms with Crippen molar-refractivity contribution in [3.8, 4) is 0 Å². The molecule has 25 heavy (non-hydrogen) atoms. The van der Waals surface area contributed by atoms with Gasteiger partial charge < -0.3 is 19.0 Å². The quantitative estimate of drug-likeness (QED) is 0.835. The number of anilines is 1. The number of aromatic nitrogens is 1. The standard InChI is InChI=1S/C19H25N3O3/c1-4-21(13-17-6-5-9-24-17)19(23)16-7-8-18(20-10-16)22-11-14(2)25-15(3)12-22/h5-10,14-15H,4,11-13H2,1-3H3/t14-,15-/m1/s1. The molecule has 2 aromatic rings. The van der Waals surface area contributed by atoms with Gasteiger partial charge in [-0.2, -0.15) is 0 Å². The van der Waals surface area contributed by atoms with E-state index in [1.54, 1.807) is 17.4 Å². The lowest BCUT2D eigenvalue weighted by Gasteiger charge is -2.36. The molecule has 0 aromatic carbocycles. The van der Waals surface area contributed by atoms with Crippen molar-refractivity contribution in [2.45, 2.75) is 39.5 Å². The smallest absolute Gasteiger partial charge is 0.255 e. The number of furan rings is 1. The van der Waals surface area contributed by atoms with Gasteiger partial charge in [-0.15, -0.1) is 0 Å². The number of hydrogen-bond acceptors (Lipinski definition) is 5. The first-order chi connectivity index (χ1) is 12.1. The van der Waals surface area contributed by atoms with E-state index in [0.717, 1.165) is 24.7 Å². The van der Waals surface area contributed by atoms with E-state index in [9.17, 15) is 4.79 Å². The fourth-order valence-corrected chi connectivity index (χ4v) is 3.17. The molecule has 0 unspecified atom stereocenters. The summed E-state index contributed by atoms with van der Waals surface area (Å²) in [6.45, 7) is 8.78. The second-order valence-electron chi connectivity index (χ2n) is 6.47. The molecule has 3 rings (SSSR count). The minimum atomic E-state index is -0.0401. The van der Waals surface area contributed by atoms with Crippen LogP contribution in [0.15, 0.2) is 41.1 Å². The number of rotatable bonds is 5. The first kappa shape index (κ1) is 17.5. The first-order valence-corrected chi connectivity index (χ1v) is 8.75. The summed E-state index contributed by atoms with van der Waals surface area (Å²) >= 11 is 0. The van der Waals surface area contributed by atoms with Crippen LogP contribution in [0.1, 0.15) is 36.9 Å². The van der Waals surface area contributed by atoms with Crippen molar-refractivity contribution in [1.29, 1.82) is 0 Å². The van der Waals surface area contributed by atoms with E-state index < -0.39 is 0 Å². The van der Waals surface area contributed by atoms with Crippen LogP contribution in [0.2, 0.25) is 0 Å². The minimum absolute atomic E-state index is 0.0401. The average Bonchev–Trinajstić information content (AvgIpc) is 3.11. The van der Waals surface area contributed by atoms with E-state index in [4.69, 9.17) is 9.15 Å². The summed E-state index contributed by atoms with van der Waals surface area (Å²) in [4.78, 5) is 21.2. The summed E-state index contributed by atoms with van der Waals surface area (Å²) in [5.41, 5.74) is 0.589. The molecule has 0 spiro atoms. The fraction of sp³-hybridized carbons (Fsp3) is 0.474. The number of ether oxygens (including phenoxy) is 1. The SMILES string of the molecule is CCN(Cc1ccco1)C(=O)c1ccc(N2C[C@@H](C)O[C@H](C)C2)nc1. The van der Waals surface area contributed by atoms with Crippen LogP contribution in [0.4, 0.5) is 5.82 Å². The van der Waals surface area contributed by atoms with Gasteiger partial charge in [-0.1, -0.05) is 0 Å². The van der Waals surface area contributed by atoms with Crippen molar-refractivity contribution in [2.24, 2.45) is 0 Å². The predicted molar refractivity (Wildman–Crippen MR) is 95.6 cm³/mol. The second kappa shape index (κ2) is 7.70. The van der Waals surface area contributed by atoms with E-state index in [1.807, 2.05) is 31.2 Å². The molecule has 6 heteroatoms. The Morgan fingerprint density at radius 2 is 2.04 bits per heavy atom. The van der Waals surface area contributed by atoms with E-state index in [0.29, 0.717) is 18.7 Å². The molecule has 0 saturated carbocycles. The average molecular weight is 343 g/mol. The monoisotopic (exact) mass is 343 g/mol. The molecule has 1 fully saturated rings. The maximum Gasteiger partial charge on any atom is 0.255 e. The van der Waals surface area contributed by atoms with Crippen LogP contribution < -0.4 is 4.90 Å². The van der Waals surface area contributed by atoms with Crippen molar-refractivity contribution >= 4 is 11.7 Å². The maximum atomic E-state index is 12.7. The zero-order valence-corrected chi connectivity index (χ0v) is 15.0. The highest BCUT2D eigenvalue weighted by molar-refractivity contribution is 5.94. The van der Waals surface area contributed by atoms with Crippen LogP contribution in [-0.4, -0.2) is 47.6 Å². The third-order valence-corrected chi connectivity index (χ3v) is 4.33. The Hall–Kier alpha value is -2.34. The lowest BCUT2D eigenvalue weighted by atomic mass is 10.2. The summed E-state index contributed by atoms with van der Waals surface area (Å²) in [5, 5.41) is 0. The lowest BCUT2D eigenvalue weighted by Crippen LogP contribution is -2.45. The zero-order chi connectivity index (χ0) is 17.8.